The van der Waals surface area contributed by atoms with E-state index in [2.05, 4.69) is 0 Å². The number of hydrogen-bond donors (Lipinski definition) is 1. The van der Waals surface area contributed by atoms with Crippen LogP contribution >= 0.6 is 0 Å². The first-order chi connectivity index (χ1) is 9.93. The van der Waals surface area contributed by atoms with Gasteiger partial charge in [0.1, 0.15) is 5.75 Å². The van der Waals surface area contributed by atoms with Crippen LogP contribution in [0.1, 0.15) is 28.4 Å². The van der Waals surface area contributed by atoms with Crippen LogP contribution in [-0.4, -0.2) is 12.2 Å². The van der Waals surface area contributed by atoms with Crippen molar-refractivity contribution in [2.75, 3.05) is 7.11 Å². The summed E-state index contributed by atoms with van der Waals surface area (Å²) < 4.78 is 31.5. The Morgan fingerprint density at radius 3 is 2.43 bits per heavy atom. The standard InChI is InChI=1S/C17H18F2O2/c1-10-4-6-13(17(21-3)11(10)2)16(20)9-12-5-7-14(18)15(19)8-12/h4-8,16,20H,9H2,1-3H3. The van der Waals surface area contributed by atoms with Crippen LogP contribution in [-0.2, 0) is 6.42 Å². The van der Waals surface area contributed by atoms with Gasteiger partial charge in [0.05, 0.1) is 13.2 Å². The SMILES string of the molecule is COc1c(C(O)Cc2ccc(F)c(F)c2)ccc(C)c1C. The summed E-state index contributed by atoms with van der Waals surface area (Å²) in [5, 5.41) is 10.4. The number of aliphatic hydroxyl groups is 1. The predicted molar refractivity (Wildman–Crippen MR) is 77.5 cm³/mol. The van der Waals surface area contributed by atoms with Crippen molar-refractivity contribution in [3.05, 3.63) is 64.2 Å². The number of benzene rings is 2. The maximum absolute atomic E-state index is 13.2. The minimum Gasteiger partial charge on any atom is -0.496 e. The van der Waals surface area contributed by atoms with Gasteiger partial charge in [-0.3, -0.25) is 0 Å². The topological polar surface area (TPSA) is 29.5 Å². The van der Waals surface area contributed by atoms with Gasteiger partial charge >= 0.3 is 0 Å². The third-order valence-electron chi connectivity index (χ3n) is 3.68. The Balaban J connectivity index is 2.30. The van der Waals surface area contributed by atoms with E-state index in [0.717, 1.165) is 23.3 Å². The Labute approximate surface area is 123 Å². The molecule has 0 fully saturated rings. The Morgan fingerprint density at radius 1 is 1.10 bits per heavy atom. The van der Waals surface area contributed by atoms with Crippen LogP contribution < -0.4 is 4.74 Å². The van der Waals surface area contributed by atoms with Crippen molar-refractivity contribution in [1.82, 2.24) is 0 Å². The molecule has 0 aromatic heterocycles. The Bertz CT molecular complexity index is 653. The monoisotopic (exact) mass is 292 g/mol. The molecule has 1 unspecified atom stereocenters. The fourth-order valence-electron chi connectivity index (χ4n) is 2.34. The molecule has 4 heteroatoms. The third kappa shape index (κ3) is 3.22. The highest BCUT2D eigenvalue weighted by Crippen LogP contribution is 2.32. The first-order valence-electron chi connectivity index (χ1n) is 6.70. The molecule has 1 N–H and O–H groups in total. The Hall–Kier alpha value is -1.94. The van der Waals surface area contributed by atoms with E-state index in [1.54, 1.807) is 13.2 Å². The highest BCUT2D eigenvalue weighted by Gasteiger charge is 2.17. The van der Waals surface area contributed by atoms with Crippen LogP contribution in [0, 0.1) is 25.5 Å². The van der Waals surface area contributed by atoms with E-state index in [0.29, 0.717) is 16.9 Å². The number of hydrogen-bond acceptors (Lipinski definition) is 2. The van der Waals surface area contributed by atoms with Crippen LogP contribution in [0.25, 0.3) is 0 Å². The third-order valence-corrected chi connectivity index (χ3v) is 3.68. The second-order valence-electron chi connectivity index (χ2n) is 5.10. The summed E-state index contributed by atoms with van der Waals surface area (Å²) in [6.45, 7) is 3.88. The van der Waals surface area contributed by atoms with Crippen LogP contribution in [0.3, 0.4) is 0 Å². The number of aryl methyl sites for hydroxylation is 1. The summed E-state index contributed by atoms with van der Waals surface area (Å²) in [5.41, 5.74) is 3.20. The zero-order chi connectivity index (χ0) is 15.6. The molecule has 0 aliphatic heterocycles. The molecule has 112 valence electrons. The lowest BCUT2D eigenvalue weighted by atomic mass is 9.96. The predicted octanol–water partition coefficient (Wildman–Crippen LogP) is 3.87. The molecule has 0 heterocycles. The van der Waals surface area contributed by atoms with E-state index in [1.165, 1.54) is 6.07 Å². The lowest BCUT2D eigenvalue weighted by Crippen LogP contribution is -2.06. The van der Waals surface area contributed by atoms with Crippen molar-refractivity contribution in [2.24, 2.45) is 0 Å². The largest absolute Gasteiger partial charge is 0.496 e. The zero-order valence-corrected chi connectivity index (χ0v) is 12.3. The van der Waals surface area contributed by atoms with Crippen LogP contribution in [0.5, 0.6) is 5.75 Å². The molecule has 0 saturated heterocycles. The van der Waals surface area contributed by atoms with Gasteiger partial charge in [0, 0.05) is 12.0 Å². The fourth-order valence-corrected chi connectivity index (χ4v) is 2.34. The van der Waals surface area contributed by atoms with Gasteiger partial charge in [-0.1, -0.05) is 18.2 Å². The highest BCUT2D eigenvalue weighted by molar-refractivity contribution is 5.46. The van der Waals surface area contributed by atoms with Gasteiger partial charge in [0.15, 0.2) is 11.6 Å². The molecule has 0 aliphatic rings. The minimum atomic E-state index is -0.910. The summed E-state index contributed by atoms with van der Waals surface area (Å²) in [6, 6.07) is 7.34. The first kappa shape index (κ1) is 15.4. The van der Waals surface area contributed by atoms with E-state index in [-0.39, 0.29) is 6.42 Å². The maximum atomic E-state index is 13.2. The minimum absolute atomic E-state index is 0.191. The zero-order valence-electron chi connectivity index (χ0n) is 12.3. The summed E-state index contributed by atoms with van der Waals surface area (Å²) >= 11 is 0. The van der Waals surface area contributed by atoms with E-state index in [1.807, 2.05) is 19.9 Å². The smallest absolute Gasteiger partial charge is 0.159 e. The molecular formula is C17H18F2O2. The Morgan fingerprint density at radius 2 is 1.81 bits per heavy atom. The van der Waals surface area contributed by atoms with E-state index < -0.39 is 17.7 Å². The second kappa shape index (κ2) is 6.22. The molecule has 0 bridgehead atoms. The lowest BCUT2D eigenvalue weighted by Gasteiger charge is -2.18. The van der Waals surface area contributed by atoms with Crippen molar-refractivity contribution in [1.29, 1.82) is 0 Å². The summed E-state index contributed by atoms with van der Waals surface area (Å²) in [5.74, 6) is -1.17. The van der Waals surface area contributed by atoms with Crippen molar-refractivity contribution in [2.45, 2.75) is 26.4 Å². The molecule has 0 saturated carbocycles. The van der Waals surface area contributed by atoms with Gasteiger partial charge in [-0.2, -0.15) is 0 Å². The molecule has 2 nitrogen and oxygen atoms in total. The molecule has 0 amide bonds. The molecule has 21 heavy (non-hydrogen) atoms. The molecule has 0 spiro atoms. The van der Waals surface area contributed by atoms with Crippen molar-refractivity contribution >= 4 is 0 Å². The number of aliphatic hydroxyl groups excluding tert-OH is 1. The number of rotatable bonds is 4. The molecule has 2 aromatic carbocycles. The van der Waals surface area contributed by atoms with Gasteiger partial charge in [-0.15, -0.1) is 0 Å². The lowest BCUT2D eigenvalue weighted by molar-refractivity contribution is 0.173. The molecule has 0 aliphatic carbocycles. The van der Waals surface area contributed by atoms with Crippen LogP contribution in [0.2, 0.25) is 0 Å². The molecule has 2 rings (SSSR count). The van der Waals surface area contributed by atoms with E-state index in [4.69, 9.17) is 4.74 Å². The molecule has 2 aromatic rings. The van der Waals surface area contributed by atoms with Gasteiger partial charge in [0.2, 0.25) is 0 Å². The second-order valence-corrected chi connectivity index (χ2v) is 5.10. The van der Waals surface area contributed by atoms with Gasteiger partial charge in [-0.25, -0.2) is 8.78 Å². The van der Waals surface area contributed by atoms with Crippen molar-refractivity contribution in [3.8, 4) is 5.75 Å². The number of halogens is 2. The van der Waals surface area contributed by atoms with Crippen molar-refractivity contribution in [3.63, 3.8) is 0 Å². The summed E-state index contributed by atoms with van der Waals surface area (Å²) in [7, 11) is 1.55. The number of methoxy groups -OCH3 is 1. The quantitative estimate of drug-likeness (QED) is 0.927. The highest BCUT2D eigenvalue weighted by atomic mass is 19.2. The van der Waals surface area contributed by atoms with E-state index >= 15 is 0 Å². The molecular weight excluding hydrogens is 274 g/mol. The maximum Gasteiger partial charge on any atom is 0.159 e. The summed E-state index contributed by atoms with van der Waals surface area (Å²) in [6.07, 6.45) is -0.653. The Kier molecular flexibility index (Phi) is 4.58. The fraction of sp³-hybridized carbons (Fsp3) is 0.294. The van der Waals surface area contributed by atoms with Gasteiger partial charge in [0.25, 0.3) is 0 Å². The normalized spacial score (nSPS) is 12.3. The van der Waals surface area contributed by atoms with Gasteiger partial charge in [-0.05, 0) is 42.7 Å². The van der Waals surface area contributed by atoms with Gasteiger partial charge < -0.3 is 9.84 Å². The average Bonchev–Trinajstić information content (AvgIpc) is 2.45. The number of ether oxygens (including phenoxy) is 1. The first-order valence-corrected chi connectivity index (χ1v) is 6.70. The van der Waals surface area contributed by atoms with Crippen molar-refractivity contribution < 1.29 is 18.6 Å². The molecule has 1 atom stereocenters. The van der Waals surface area contributed by atoms with Crippen LogP contribution in [0.15, 0.2) is 30.3 Å². The van der Waals surface area contributed by atoms with Crippen LogP contribution in [0.4, 0.5) is 8.78 Å². The average molecular weight is 292 g/mol. The van der Waals surface area contributed by atoms with E-state index in [9.17, 15) is 13.9 Å². The molecule has 0 radical (unpaired) electrons. The summed E-state index contributed by atoms with van der Waals surface area (Å²) in [4.78, 5) is 0.